The van der Waals surface area contributed by atoms with Gasteiger partial charge in [0.15, 0.2) is 0 Å². The highest BCUT2D eigenvalue weighted by atomic mass is 19.1. The Kier molecular flexibility index (Phi) is 6.80. The van der Waals surface area contributed by atoms with Crippen LogP contribution in [0.2, 0.25) is 0 Å². The zero-order valence-electron chi connectivity index (χ0n) is 15.9. The Hall–Kier alpha value is -2.10. The fraction of sp³-hybridized carbons (Fsp3) is 0.476. The average molecular weight is 341 g/mol. The summed E-state index contributed by atoms with van der Waals surface area (Å²) in [4.78, 5) is 13.3. The van der Waals surface area contributed by atoms with Gasteiger partial charge in [-0.05, 0) is 56.9 Å². The van der Waals surface area contributed by atoms with Crippen molar-refractivity contribution < 1.29 is 4.39 Å². The van der Waals surface area contributed by atoms with Crippen molar-refractivity contribution in [2.75, 3.05) is 0 Å². The van der Waals surface area contributed by atoms with E-state index in [0.717, 1.165) is 52.7 Å². The van der Waals surface area contributed by atoms with Crippen LogP contribution in [-0.4, -0.2) is 15.7 Å². The summed E-state index contributed by atoms with van der Waals surface area (Å²) in [6.07, 6.45) is 6.36. The molecule has 0 unspecified atom stereocenters. The summed E-state index contributed by atoms with van der Waals surface area (Å²) in [5.74, 6) is 0.846. The Morgan fingerprint density at radius 1 is 1.16 bits per heavy atom. The molecule has 0 aliphatic heterocycles. The number of rotatable bonds is 4. The van der Waals surface area contributed by atoms with E-state index >= 15 is 0 Å². The second-order valence-electron chi connectivity index (χ2n) is 6.84. The molecule has 0 amide bonds. The third kappa shape index (κ3) is 5.73. The van der Waals surface area contributed by atoms with Gasteiger partial charge in [-0.2, -0.15) is 0 Å². The highest BCUT2D eigenvalue weighted by Crippen LogP contribution is 2.26. The van der Waals surface area contributed by atoms with Crippen LogP contribution in [0.1, 0.15) is 62.0 Å². The lowest BCUT2D eigenvalue weighted by Crippen LogP contribution is -2.08. The van der Waals surface area contributed by atoms with Crippen molar-refractivity contribution in [3.05, 3.63) is 52.9 Å². The first kappa shape index (κ1) is 19.2. The van der Waals surface area contributed by atoms with Gasteiger partial charge in [-0.25, -0.2) is 14.4 Å². The summed E-state index contributed by atoms with van der Waals surface area (Å²) in [5.41, 5.74) is 5.44. The van der Waals surface area contributed by atoms with Crippen LogP contribution in [0.5, 0.6) is 0 Å². The summed E-state index contributed by atoms with van der Waals surface area (Å²) in [6, 6.07) is 4.66. The first-order chi connectivity index (χ1) is 11.9. The molecule has 134 valence electrons. The van der Waals surface area contributed by atoms with E-state index in [1.54, 1.807) is 12.4 Å². The summed E-state index contributed by atoms with van der Waals surface area (Å²) in [5, 5.41) is 0. The predicted molar refractivity (Wildman–Crippen MR) is 102 cm³/mol. The van der Waals surface area contributed by atoms with Crippen molar-refractivity contribution in [1.82, 2.24) is 9.97 Å². The van der Waals surface area contributed by atoms with Crippen molar-refractivity contribution in [3.8, 4) is 0 Å². The number of aromatic nitrogens is 2. The molecule has 3 nitrogen and oxygen atoms in total. The molecule has 1 aliphatic carbocycles. The molecule has 3 rings (SSSR count). The van der Waals surface area contributed by atoms with Crippen LogP contribution in [0.4, 0.5) is 10.1 Å². The van der Waals surface area contributed by atoms with Crippen LogP contribution in [0.3, 0.4) is 0 Å². The molecule has 0 N–H and O–H groups in total. The maximum atomic E-state index is 13.2. The lowest BCUT2D eigenvalue weighted by molar-refractivity contribution is 0.627. The number of aryl methyl sites for hydroxylation is 3. The van der Waals surface area contributed by atoms with Gasteiger partial charge in [0, 0.05) is 17.0 Å². The van der Waals surface area contributed by atoms with Crippen LogP contribution >= 0.6 is 0 Å². The van der Waals surface area contributed by atoms with Gasteiger partial charge in [0.05, 0.1) is 11.4 Å². The number of hydrogen-bond acceptors (Lipinski definition) is 3. The summed E-state index contributed by atoms with van der Waals surface area (Å²) >= 11 is 0. The van der Waals surface area contributed by atoms with Gasteiger partial charge in [0.1, 0.15) is 12.1 Å². The highest BCUT2D eigenvalue weighted by molar-refractivity contribution is 6.03. The molecule has 0 atom stereocenters. The molecule has 0 bridgehead atoms. The smallest absolute Gasteiger partial charge is 0.123 e. The van der Waals surface area contributed by atoms with Gasteiger partial charge in [0.25, 0.3) is 0 Å². The predicted octanol–water partition coefficient (Wildman–Crippen LogP) is 5.88. The number of hydrogen-bond donors (Lipinski definition) is 0. The molecule has 1 fully saturated rings. The van der Waals surface area contributed by atoms with E-state index in [2.05, 4.69) is 23.8 Å². The lowest BCUT2D eigenvalue weighted by atomic mass is 10.0. The van der Waals surface area contributed by atoms with E-state index in [0.29, 0.717) is 0 Å². The van der Waals surface area contributed by atoms with E-state index in [1.807, 2.05) is 20.8 Å². The number of halogens is 1. The molecule has 0 saturated heterocycles. The van der Waals surface area contributed by atoms with Crippen LogP contribution in [0.25, 0.3) is 0 Å². The average Bonchev–Trinajstić information content (AvgIpc) is 3.33. The Labute approximate surface area is 150 Å². The van der Waals surface area contributed by atoms with Crippen LogP contribution in [-0.2, 0) is 0 Å². The molecule has 1 aliphatic rings. The number of benzene rings is 1. The van der Waals surface area contributed by atoms with E-state index in [4.69, 9.17) is 4.99 Å². The zero-order valence-corrected chi connectivity index (χ0v) is 15.9. The van der Waals surface area contributed by atoms with Gasteiger partial charge in [-0.15, -0.1) is 0 Å². The molecular weight excluding hydrogens is 313 g/mol. The van der Waals surface area contributed by atoms with E-state index < -0.39 is 0 Å². The Balaban J connectivity index is 0.000000493. The fourth-order valence-corrected chi connectivity index (χ4v) is 2.54. The van der Waals surface area contributed by atoms with E-state index in [9.17, 15) is 4.39 Å². The summed E-state index contributed by atoms with van der Waals surface area (Å²) in [7, 11) is 0. The van der Waals surface area contributed by atoms with Gasteiger partial charge < -0.3 is 0 Å². The van der Waals surface area contributed by atoms with Gasteiger partial charge >= 0.3 is 0 Å². The molecule has 2 aromatic rings. The van der Waals surface area contributed by atoms with Crippen molar-refractivity contribution in [1.29, 1.82) is 0 Å². The first-order valence-corrected chi connectivity index (χ1v) is 9.04. The SMILES string of the molecule is CC1CC1.CCCC(=Nc1ccc(F)cc1C)c1c(C)ncnc1C. The molecule has 4 heteroatoms. The van der Waals surface area contributed by atoms with Crippen LogP contribution in [0, 0.1) is 32.5 Å². The van der Waals surface area contributed by atoms with Crippen molar-refractivity contribution in [3.63, 3.8) is 0 Å². The second kappa shape index (κ2) is 8.84. The van der Waals surface area contributed by atoms with Crippen molar-refractivity contribution in [2.45, 2.75) is 60.3 Å². The Morgan fingerprint density at radius 3 is 2.24 bits per heavy atom. The fourth-order valence-electron chi connectivity index (χ4n) is 2.54. The first-order valence-electron chi connectivity index (χ1n) is 9.04. The van der Waals surface area contributed by atoms with Crippen LogP contribution in [0.15, 0.2) is 29.5 Å². The summed E-state index contributed by atoms with van der Waals surface area (Å²) < 4.78 is 13.2. The Morgan fingerprint density at radius 2 is 1.76 bits per heavy atom. The minimum absolute atomic E-state index is 0.237. The van der Waals surface area contributed by atoms with E-state index in [1.165, 1.54) is 25.0 Å². The molecule has 1 aromatic carbocycles. The maximum Gasteiger partial charge on any atom is 0.123 e. The van der Waals surface area contributed by atoms with Crippen molar-refractivity contribution >= 4 is 11.4 Å². The molecule has 25 heavy (non-hydrogen) atoms. The second-order valence-corrected chi connectivity index (χ2v) is 6.84. The zero-order chi connectivity index (χ0) is 18.4. The number of nitrogens with zero attached hydrogens (tertiary/aromatic N) is 3. The molecule has 0 radical (unpaired) electrons. The molecule has 0 spiro atoms. The quantitative estimate of drug-likeness (QED) is 0.651. The molecule has 1 aromatic heterocycles. The van der Waals surface area contributed by atoms with Gasteiger partial charge in [-0.1, -0.05) is 33.1 Å². The molecular formula is C21H28FN3. The highest BCUT2D eigenvalue weighted by Gasteiger charge is 2.13. The normalized spacial score (nSPS) is 14.1. The lowest BCUT2D eigenvalue weighted by Gasteiger charge is -2.11. The van der Waals surface area contributed by atoms with Gasteiger partial charge in [0.2, 0.25) is 0 Å². The van der Waals surface area contributed by atoms with Gasteiger partial charge in [-0.3, -0.25) is 4.99 Å². The van der Waals surface area contributed by atoms with Crippen molar-refractivity contribution in [2.24, 2.45) is 10.9 Å². The van der Waals surface area contributed by atoms with Crippen LogP contribution < -0.4 is 0 Å². The summed E-state index contributed by atoms with van der Waals surface area (Å²) in [6.45, 7) is 10.2. The Bertz CT molecular complexity index is 729. The molecule has 1 heterocycles. The minimum atomic E-state index is -0.237. The largest absolute Gasteiger partial charge is 0.252 e. The standard InChI is InChI=1S/C17H20FN3.C4H8/c1-5-6-16(17-12(3)19-10-20-13(17)4)21-15-8-7-14(18)9-11(15)2;1-4-2-3-4/h7-10H,5-6H2,1-4H3;4H,2-3H2,1H3. The van der Waals surface area contributed by atoms with E-state index in [-0.39, 0.29) is 5.82 Å². The number of aliphatic imine (C=N–C) groups is 1. The third-order valence-corrected chi connectivity index (χ3v) is 4.28. The monoisotopic (exact) mass is 341 g/mol. The molecule has 1 saturated carbocycles. The maximum absolute atomic E-state index is 13.2. The minimum Gasteiger partial charge on any atom is -0.252 e. The third-order valence-electron chi connectivity index (χ3n) is 4.28. The topological polar surface area (TPSA) is 38.1 Å².